The molecule has 0 aliphatic rings. The van der Waals surface area contributed by atoms with Crippen molar-refractivity contribution >= 4 is 5.97 Å². The summed E-state index contributed by atoms with van der Waals surface area (Å²) >= 11 is 0. The van der Waals surface area contributed by atoms with Crippen molar-refractivity contribution in [3.8, 4) is 0 Å². The first-order valence-corrected chi connectivity index (χ1v) is 8.94. The molecular weight excluding hydrogens is 248 g/mol. The van der Waals surface area contributed by atoms with Gasteiger partial charge in [0.2, 0.25) is 0 Å². The molecule has 0 rings (SSSR count). The Kier molecular flexibility index (Phi) is 14.5. The van der Waals surface area contributed by atoms with E-state index in [9.17, 15) is 4.79 Å². The highest BCUT2D eigenvalue weighted by molar-refractivity contribution is 5.69. The third-order valence-electron chi connectivity index (χ3n) is 3.77. The van der Waals surface area contributed by atoms with Gasteiger partial charge in [0.25, 0.3) is 0 Å². The van der Waals surface area contributed by atoms with Crippen LogP contribution in [0.2, 0.25) is 0 Å². The van der Waals surface area contributed by atoms with E-state index >= 15 is 0 Å². The Hall–Kier alpha value is -0.530. The molecule has 0 saturated carbocycles. The first-order valence-electron chi connectivity index (χ1n) is 8.94. The molecule has 0 saturated heterocycles. The molecule has 0 N–H and O–H groups in total. The van der Waals surface area contributed by atoms with E-state index in [0.717, 1.165) is 32.1 Å². The Morgan fingerprint density at radius 3 is 1.95 bits per heavy atom. The molecule has 0 aliphatic carbocycles. The van der Waals surface area contributed by atoms with Crippen LogP contribution < -0.4 is 0 Å². The van der Waals surface area contributed by atoms with Crippen LogP contribution in [0, 0.1) is 0 Å². The number of ether oxygens (including phenoxy) is 1. The summed E-state index contributed by atoms with van der Waals surface area (Å²) in [6.07, 6.45) is 14.9. The molecule has 0 radical (unpaired) electrons. The normalized spacial score (nSPS) is 12.3. The molecule has 0 fully saturated rings. The molecule has 1 unspecified atom stereocenters. The topological polar surface area (TPSA) is 26.3 Å². The van der Waals surface area contributed by atoms with Crippen LogP contribution in [0.15, 0.2) is 0 Å². The SMILES string of the molecule is CCCCCCCC(=O)OC(CCC)CCCCCC. The second-order valence-corrected chi connectivity index (χ2v) is 5.91. The van der Waals surface area contributed by atoms with E-state index in [4.69, 9.17) is 4.74 Å². The van der Waals surface area contributed by atoms with E-state index in [2.05, 4.69) is 20.8 Å². The van der Waals surface area contributed by atoms with Gasteiger partial charge in [-0.15, -0.1) is 0 Å². The van der Waals surface area contributed by atoms with Crippen LogP contribution in [0.4, 0.5) is 0 Å². The fourth-order valence-corrected chi connectivity index (χ4v) is 2.50. The number of rotatable bonds is 14. The lowest BCUT2D eigenvalue weighted by molar-refractivity contribution is -0.150. The van der Waals surface area contributed by atoms with E-state index in [1.165, 1.54) is 44.9 Å². The molecule has 0 aromatic heterocycles. The van der Waals surface area contributed by atoms with Gasteiger partial charge in [0.1, 0.15) is 6.10 Å². The van der Waals surface area contributed by atoms with Crippen molar-refractivity contribution in [2.24, 2.45) is 0 Å². The van der Waals surface area contributed by atoms with E-state index in [-0.39, 0.29) is 12.1 Å². The molecule has 0 aromatic carbocycles. The fourth-order valence-electron chi connectivity index (χ4n) is 2.50. The molecule has 0 bridgehead atoms. The summed E-state index contributed by atoms with van der Waals surface area (Å²) in [5, 5.41) is 0. The number of hydrogen-bond acceptors (Lipinski definition) is 2. The summed E-state index contributed by atoms with van der Waals surface area (Å²) < 4.78 is 5.64. The summed E-state index contributed by atoms with van der Waals surface area (Å²) in [7, 11) is 0. The zero-order valence-electron chi connectivity index (χ0n) is 14.1. The zero-order chi connectivity index (χ0) is 15.1. The molecule has 0 aliphatic heterocycles. The number of hydrogen-bond donors (Lipinski definition) is 0. The van der Waals surface area contributed by atoms with Crippen molar-refractivity contribution in [1.82, 2.24) is 0 Å². The van der Waals surface area contributed by atoms with Crippen molar-refractivity contribution in [2.45, 2.75) is 110 Å². The fraction of sp³-hybridized carbons (Fsp3) is 0.944. The lowest BCUT2D eigenvalue weighted by Crippen LogP contribution is -2.18. The molecule has 1 atom stereocenters. The van der Waals surface area contributed by atoms with Crippen molar-refractivity contribution in [3.05, 3.63) is 0 Å². The summed E-state index contributed by atoms with van der Waals surface area (Å²) in [6.45, 7) is 6.60. The first-order chi connectivity index (χ1) is 9.74. The van der Waals surface area contributed by atoms with E-state index < -0.39 is 0 Å². The highest BCUT2D eigenvalue weighted by Gasteiger charge is 2.13. The quantitative estimate of drug-likeness (QED) is 0.287. The minimum atomic E-state index is 0.0236. The number of esters is 1. The molecule has 20 heavy (non-hydrogen) atoms. The van der Waals surface area contributed by atoms with Crippen LogP contribution in [0.25, 0.3) is 0 Å². The standard InChI is InChI=1S/C18H36O2/c1-4-7-9-11-13-16-18(19)20-17(14-6-3)15-12-10-8-5-2/h17H,4-16H2,1-3H3. The third kappa shape index (κ3) is 12.5. The largest absolute Gasteiger partial charge is 0.462 e. The van der Waals surface area contributed by atoms with E-state index in [0.29, 0.717) is 6.42 Å². The molecule has 0 amide bonds. The van der Waals surface area contributed by atoms with Crippen molar-refractivity contribution in [2.75, 3.05) is 0 Å². The Morgan fingerprint density at radius 1 is 0.750 bits per heavy atom. The van der Waals surface area contributed by atoms with Crippen LogP contribution in [-0.4, -0.2) is 12.1 Å². The van der Waals surface area contributed by atoms with Crippen LogP contribution in [-0.2, 0) is 9.53 Å². The Morgan fingerprint density at radius 2 is 1.35 bits per heavy atom. The van der Waals surface area contributed by atoms with Crippen LogP contribution in [0.1, 0.15) is 104 Å². The first kappa shape index (κ1) is 19.5. The predicted molar refractivity (Wildman–Crippen MR) is 86.9 cm³/mol. The highest BCUT2D eigenvalue weighted by Crippen LogP contribution is 2.15. The van der Waals surface area contributed by atoms with Crippen molar-refractivity contribution < 1.29 is 9.53 Å². The van der Waals surface area contributed by atoms with Crippen LogP contribution in [0.5, 0.6) is 0 Å². The molecule has 120 valence electrons. The van der Waals surface area contributed by atoms with Gasteiger partial charge in [-0.1, -0.05) is 72.1 Å². The third-order valence-corrected chi connectivity index (χ3v) is 3.77. The van der Waals surface area contributed by atoms with Gasteiger partial charge in [-0.25, -0.2) is 0 Å². The maximum Gasteiger partial charge on any atom is 0.306 e. The summed E-state index contributed by atoms with van der Waals surface area (Å²) in [6, 6.07) is 0. The summed E-state index contributed by atoms with van der Waals surface area (Å²) in [4.78, 5) is 11.8. The predicted octanol–water partition coefficient (Wildman–Crippen LogP) is 6.03. The lowest BCUT2D eigenvalue weighted by atomic mass is 10.1. The van der Waals surface area contributed by atoms with Gasteiger partial charge in [-0.05, 0) is 25.7 Å². The van der Waals surface area contributed by atoms with Gasteiger partial charge in [-0.2, -0.15) is 0 Å². The van der Waals surface area contributed by atoms with Gasteiger partial charge in [0.15, 0.2) is 0 Å². The average Bonchev–Trinajstić information content (AvgIpc) is 2.43. The minimum Gasteiger partial charge on any atom is -0.462 e. The number of unbranched alkanes of at least 4 members (excludes halogenated alkanes) is 7. The molecule has 2 heteroatoms. The lowest BCUT2D eigenvalue weighted by Gasteiger charge is -2.17. The second-order valence-electron chi connectivity index (χ2n) is 5.91. The molecular formula is C18H36O2. The monoisotopic (exact) mass is 284 g/mol. The second kappa shape index (κ2) is 14.9. The summed E-state index contributed by atoms with van der Waals surface area (Å²) in [5.41, 5.74) is 0. The summed E-state index contributed by atoms with van der Waals surface area (Å²) in [5.74, 6) is 0.0236. The van der Waals surface area contributed by atoms with Gasteiger partial charge >= 0.3 is 5.97 Å². The maximum absolute atomic E-state index is 11.8. The number of carbonyl (C=O) groups is 1. The van der Waals surface area contributed by atoms with Crippen molar-refractivity contribution in [1.29, 1.82) is 0 Å². The van der Waals surface area contributed by atoms with E-state index in [1.54, 1.807) is 0 Å². The van der Waals surface area contributed by atoms with Gasteiger partial charge in [-0.3, -0.25) is 4.79 Å². The Labute approximate surface area is 126 Å². The van der Waals surface area contributed by atoms with Crippen LogP contribution in [0.3, 0.4) is 0 Å². The average molecular weight is 284 g/mol. The molecule has 0 spiro atoms. The van der Waals surface area contributed by atoms with E-state index in [1.807, 2.05) is 0 Å². The number of carbonyl (C=O) groups excluding carboxylic acids is 1. The minimum absolute atomic E-state index is 0.0236. The van der Waals surface area contributed by atoms with Crippen LogP contribution >= 0.6 is 0 Å². The highest BCUT2D eigenvalue weighted by atomic mass is 16.5. The molecule has 2 nitrogen and oxygen atoms in total. The van der Waals surface area contributed by atoms with Gasteiger partial charge < -0.3 is 4.74 Å². The van der Waals surface area contributed by atoms with Gasteiger partial charge in [0.05, 0.1) is 0 Å². The van der Waals surface area contributed by atoms with Crippen molar-refractivity contribution in [3.63, 3.8) is 0 Å². The smallest absolute Gasteiger partial charge is 0.306 e. The van der Waals surface area contributed by atoms with Gasteiger partial charge in [0, 0.05) is 6.42 Å². The Balaban J connectivity index is 3.71. The molecule has 0 aromatic rings. The molecule has 0 heterocycles. The maximum atomic E-state index is 11.8. The Bertz CT molecular complexity index is 213. The zero-order valence-corrected chi connectivity index (χ0v) is 14.1.